The van der Waals surface area contributed by atoms with Gasteiger partial charge in [-0.3, -0.25) is 4.79 Å². The van der Waals surface area contributed by atoms with Gasteiger partial charge < -0.3 is 9.80 Å². The van der Waals surface area contributed by atoms with Crippen LogP contribution in [0.25, 0.3) is 11.4 Å². The molecule has 1 aliphatic carbocycles. The van der Waals surface area contributed by atoms with Gasteiger partial charge in [0.25, 0.3) is 0 Å². The molecule has 1 aromatic heterocycles. The van der Waals surface area contributed by atoms with Crippen LogP contribution in [0.4, 0.5) is 10.2 Å². The Morgan fingerprint density at radius 3 is 2.56 bits per heavy atom. The topological polar surface area (TPSA) is 49.3 Å². The number of carbonyl (C=O) groups is 1. The number of hydrogen-bond donors (Lipinski definition) is 0. The van der Waals surface area contributed by atoms with E-state index in [0.29, 0.717) is 17.3 Å². The molecule has 1 aromatic carbocycles. The Balaban J connectivity index is 1.60. The van der Waals surface area contributed by atoms with E-state index >= 15 is 0 Å². The second-order valence-corrected chi connectivity index (χ2v) is 7.39. The van der Waals surface area contributed by atoms with Crippen LogP contribution in [-0.2, 0) is 11.2 Å². The Morgan fingerprint density at radius 2 is 1.93 bits per heavy atom. The van der Waals surface area contributed by atoms with Crippen molar-refractivity contribution < 1.29 is 9.18 Å². The SMILES string of the molecule is CCc1c(C)nc(-c2cccc(F)c2)nc1N1CCN(C(=O)C2CC2)CC1. The second-order valence-electron chi connectivity index (χ2n) is 7.39. The number of halogens is 1. The third kappa shape index (κ3) is 3.66. The van der Waals surface area contributed by atoms with E-state index in [4.69, 9.17) is 4.98 Å². The lowest BCUT2D eigenvalue weighted by molar-refractivity contribution is -0.132. The largest absolute Gasteiger partial charge is 0.353 e. The van der Waals surface area contributed by atoms with Crippen molar-refractivity contribution >= 4 is 11.7 Å². The third-order valence-corrected chi connectivity index (χ3v) is 5.45. The van der Waals surface area contributed by atoms with Crippen molar-refractivity contribution in [2.75, 3.05) is 31.1 Å². The van der Waals surface area contributed by atoms with Gasteiger partial charge in [0.05, 0.1) is 0 Å². The summed E-state index contributed by atoms with van der Waals surface area (Å²) in [7, 11) is 0. The van der Waals surface area contributed by atoms with Crippen LogP contribution in [0, 0.1) is 18.7 Å². The first-order valence-electron chi connectivity index (χ1n) is 9.74. The fourth-order valence-corrected chi connectivity index (χ4v) is 3.74. The first kappa shape index (κ1) is 17.9. The summed E-state index contributed by atoms with van der Waals surface area (Å²) >= 11 is 0. The monoisotopic (exact) mass is 368 g/mol. The van der Waals surface area contributed by atoms with Gasteiger partial charge in [0.1, 0.15) is 11.6 Å². The normalized spacial score (nSPS) is 17.3. The summed E-state index contributed by atoms with van der Waals surface area (Å²) in [6, 6.07) is 6.41. The molecule has 1 aliphatic heterocycles. The first-order chi connectivity index (χ1) is 13.1. The maximum Gasteiger partial charge on any atom is 0.225 e. The molecule has 2 heterocycles. The Hall–Kier alpha value is -2.50. The summed E-state index contributed by atoms with van der Waals surface area (Å²) in [5, 5.41) is 0. The van der Waals surface area contributed by atoms with E-state index < -0.39 is 0 Å². The van der Waals surface area contributed by atoms with Crippen LogP contribution in [0.15, 0.2) is 24.3 Å². The van der Waals surface area contributed by atoms with Crippen LogP contribution in [0.1, 0.15) is 31.0 Å². The minimum absolute atomic E-state index is 0.267. The first-order valence-corrected chi connectivity index (χ1v) is 9.74. The zero-order valence-corrected chi connectivity index (χ0v) is 15.9. The number of aromatic nitrogens is 2. The lowest BCUT2D eigenvalue weighted by Gasteiger charge is -2.36. The van der Waals surface area contributed by atoms with Gasteiger partial charge in [0, 0.05) is 48.9 Å². The van der Waals surface area contributed by atoms with Gasteiger partial charge in [0.2, 0.25) is 5.91 Å². The van der Waals surface area contributed by atoms with Gasteiger partial charge in [-0.15, -0.1) is 0 Å². The molecule has 0 unspecified atom stereocenters. The molecule has 1 saturated heterocycles. The van der Waals surface area contributed by atoms with E-state index in [2.05, 4.69) is 16.8 Å². The number of anilines is 1. The molecule has 27 heavy (non-hydrogen) atoms. The van der Waals surface area contributed by atoms with Crippen LogP contribution in [0.5, 0.6) is 0 Å². The average Bonchev–Trinajstić information content (AvgIpc) is 3.52. The summed E-state index contributed by atoms with van der Waals surface area (Å²) in [5.74, 6) is 1.76. The smallest absolute Gasteiger partial charge is 0.225 e. The summed E-state index contributed by atoms with van der Waals surface area (Å²) in [5.41, 5.74) is 2.74. The second kappa shape index (κ2) is 7.25. The molecule has 0 atom stereocenters. The van der Waals surface area contributed by atoms with Crippen LogP contribution in [-0.4, -0.2) is 47.0 Å². The number of nitrogens with zero attached hydrogens (tertiary/aromatic N) is 4. The number of piperazine rings is 1. The van der Waals surface area contributed by atoms with Crippen LogP contribution in [0.3, 0.4) is 0 Å². The molecular weight excluding hydrogens is 343 g/mol. The highest BCUT2D eigenvalue weighted by molar-refractivity contribution is 5.81. The highest BCUT2D eigenvalue weighted by Crippen LogP contribution is 2.32. The van der Waals surface area contributed by atoms with Crippen molar-refractivity contribution in [2.45, 2.75) is 33.1 Å². The maximum atomic E-state index is 13.6. The van der Waals surface area contributed by atoms with Gasteiger partial charge in [-0.05, 0) is 38.3 Å². The standard InChI is InChI=1S/C21H25FN4O/c1-3-18-14(2)23-19(16-5-4-6-17(22)13-16)24-20(18)25-9-11-26(12-10-25)21(27)15-7-8-15/h4-6,13,15H,3,7-12H2,1-2H3. The van der Waals surface area contributed by atoms with Crippen LogP contribution in [0.2, 0.25) is 0 Å². The molecule has 1 saturated carbocycles. The molecule has 5 nitrogen and oxygen atoms in total. The van der Waals surface area contributed by atoms with E-state index in [1.165, 1.54) is 12.1 Å². The highest BCUT2D eigenvalue weighted by Gasteiger charge is 2.35. The van der Waals surface area contributed by atoms with Crippen molar-refractivity contribution in [3.63, 3.8) is 0 Å². The van der Waals surface area contributed by atoms with Gasteiger partial charge in [0.15, 0.2) is 5.82 Å². The van der Waals surface area contributed by atoms with E-state index in [1.807, 2.05) is 17.9 Å². The Morgan fingerprint density at radius 1 is 1.19 bits per heavy atom. The number of amides is 1. The molecule has 2 aromatic rings. The van der Waals surface area contributed by atoms with E-state index in [1.54, 1.807) is 6.07 Å². The Kier molecular flexibility index (Phi) is 4.81. The zero-order chi connectivity index (χ0) is 19.0. The van der Waals surface area contributed by atoms with Crippen LogP contribution >= 0.6 is 0 Å². The fraction of sp³-hybridized carbons (Fsp3) is 0.476. The molecule has 0 N–H and O–H groups in total. The van der Waals surface area contributed by atoms with Gasteiger partial charge >= 0.3 is 0 Å². The Labute approximate surface area is 159 Å². The quantitative estimate of drug-likeness (QED) is 0.832. The average molecular weight is 368 g/mol. The summed E-state index contributed by atoms with van der Waals surface area (Å²) in [6.07, 6.45) is 2.92. The minimum atomic E-state index is -0.290. The predicted octanol–water partition coefficient (Wildman–Crippen LogP) is 3.21. The van der Waals surface area contributed by atoms with Crippen molar-refractivity contribution in [3.05, 3.63) is 41.3 Å². The fourth-order valence-electron chi connectivity index (χ4n) is 3.74. The molecular formula is C21H25FN4O. The predicted molar refractivity (Wildman–Crippen MR) is 103 cm³/mol. The van der Waals surface area contributed by atoms with E-state index in [-0.39, 0.29) is 11.7 Å². The third-order valence-electron chi connectivity index (χ3n) is 5.45. The van der Waals surface area contributed by atoms with E-state index in [0.717, 1.165) is 62.5 Å². The molecule has 6 heteroatoms. The highest BCUT2D eigenvalue weighted by atomic mass is 19.1. The van der Waals surface area contributed by atoms with Gasteiger partial charge in [-0.25, -0.2) is 14.4 Å². The molecule has 142 valence electrons. The molecule has 0 spiro atoms. The number of benzene rings is 1. The number of hydrogen-bond acceptors (Lipinski definition) is 4. The van der Waals surface area contributed by atoms with Gasteiger partial charge in [-0.1, -0.05) is 19.1 Å². The Bertz CT molecular complexity index is 857. The number of carbonyl (C=O) groups excluding carboxylic acids is 1. The van der Waals surface area contributed by atoms with Crippen LogP contribution < -0.4 is 4.90 Å². The van der Waals surface area contributed by atoms with Crippen molar-refractivity contribution in [1.82, 2.24) is 14.9 Å². The van der Waals surface area contributed by atoms with Crippen molar-refractivity contribution in [2.24, 2.45) is 5.92 Å². The lowest BCUT2D eigenvalue weighted by atomic mass is 10.1. The zero-order valence-electron chi connectivity index (χ0n) is 15.9. The van der Waals surface area contributed by atoms with Crippen molar-refractivity contribution in [1.29, 1.82) is 0 Å². The number of rotatable bonds is 4. The summed E-state index contributed by atoms with van der Waals surface area (Å²) in [6.45, 7) is 7.09. The van der Waals surface area contributed by atoms with E-state index in [9.17, 15) is 9.18 Å². The van der Waals surface area contributed by atoms with Crippen molar-refractivity contribution in [3.8, 4) is 11.4 Å². The summed E-state index contributed by atoms with van der Waals surface area (Å²) < 4.78 is 13.6. The molecule has 0 radical (unpaired) electrons. The molecule has 2 aliphatic rings. The minimum Gasteiger partial charge on any atom is -0.353 e. The lowest BCUT2D eigenvalue weighted by Crippen LogP contribution is -2.49. The molecule has 1 amide bonds. The molecule has 0 bridgehead atoms. The summed E-state index contributed by atoms with van der Waals surface area (Å²) in [4.78, 5) is 25.9. The number of aryl methyl sites for hydroxylation is 1. The van der Waals surface area contributed by atoms with Gasteiger partial charge in [-0.2, -0.15) is 0 Å². The maximum absolute atomic E-state index is 13.6. The molecule has 4 rings (SSSR count). The molecule has 2 fully saturated rings.